The predicted octanol–water partition coefficient (Wildman–Crippen LogP) is 0.756. The molecule has 0 bridgehead atoms. The number of hydrogen-bond donors (Lipinski definition) is 4. The average molecular weight is 935 g/mol. The highest BCUT2D eigenvalue weighted by Gasteiger charge is 2.25. The number of aromatic nitrogens is 1. The van der Waals surface area contributed by atoms with Crippen molar-refractivity contribution in [1.29, 1.82) is 0 Å². The number of amidine groups is 1. The minimum atomic E-state index is -0.411. The number of pyridine rings is 1. The number of benzene rings is 1. The van der Waals surface area contributed by atoms with Crippen LogP contribution in [0.2, 0.25) is 0 Å². The molecule has 2 aromatic rings. The van der Waals surface area contributed by atoms with Crippen molar-refractivity contribution in [2.75, 3.05) is 124 Å². The van der Waals surface area contributed by atoms with Crippen LogP contribution in [0.15, 0.2) is 53.2 Å². The van der Waals surface area contributed by atoms with E-state index in [1.165, 1.54) is 17.1 Å². The molecule has 0 atom stereocenters. The quantitative estimate of drug-likeness (QED) is 0.0623. The van der Waals surface area contributed by atoms with Gasteiger partial charge in [0.1, 0.15) is 5.84 Å². The zero-order valence-corrected chi connectivity index (χ0v) is 38.0. The van der Waals surface area contributed by atoms with Crippen molar-refractivity contribution >= 4 is 58.7 Å². The molecule has 0 spiro atoms. The molecule has 1 aromatic carbocycles. The summed E-state index contributed by atoms with van der Waals surface area (Å²) in [6.45, 7) is 7.97. The van der Waals surface area contributed by atoms with E-state index in [0.29, 0.717) is 133 Å². The van der Waals surface area contributed by atoms with Crippen LogP contribution in [0.1, 0.15) is 53.4 Å². The molecule has 0 saturated heterocycles. The van der Waals surface area contributed by atoms with Crippen molar-refractivity contribution in [1.82, 2.24) is 25.0 Å². The summed E-state index contributed by atoms with van der Waals surface area (Å²) in [4.78, 5) is 87.6. The number of nitrogens with two attached hydrogens (primary N) is 1. The lowest BCUT2D eigenvalue weighted by Gasteiger charge is -2.28. The maximum absolute atomic E-state index is 13.3. The molecule has 5 N–H and O–H groups in total. The number of rotatable bonds is 30. The molecule has 364 valence electrons. The summed E-state index contributed by atoms with van der Waals surface area (Å²) in [7, 11) is 0. The fraction of sp³-hybridized carbons (Fsp3) is 0.522. The summed E-state index contributed by atoms with van der Waals surface area (Å²) in [5, 5.41) is 14.9. The van der Waals surface area contributed by atoms with E-state index in [4.69, 9.17) is 34.2 Å². The first-order chi connectivity index (χ1) is 32.6. The molecule has 6 amide bonds. The number of amides is 6. The first kappa shape index (κ1) is 52.0. The molecule has 0 unspecified atom stereocenters. The Balaban J connectivity index is 0.851. The van der Waals surface area contributed by atoms with Gasteiger partial charge in [0.15, 0.2) is 0 Å². The third kappa shape index (κ3) is 17.3. The van der Waals surface area contributed by atoms with Crippen LogP contribution in [0.3, 0.4) is 0 Å². The minimum Gasteiger partial charge on any atom is -0.395 e. The molecule has 5 rings (SSSR count). The van der Waals surface area contributed by atoms with Gasteiger partial charge >= 0.3 is 0 Å². The molecular formula is C46H62N8O13. The molecule has 3 aliphatic rings. The third-order valence-corrected chi connectivity index (χ3v) is 10.6. The highest BCUT2D eigenvalue weighted by Crippen LogP contribution is 2.29. The van der Waals surface area contributed by atoms with E-state index in [1.54, 1.807) is 35.4 Å². The Hall–Kier alpha value is -5.94. The van der Waals surface area contributed by atoms with Crippen LogP contribution >= 0.6 is 0 Å². The average Bonchev–Trinajstić information content (AvgIpc) is 3.54. The van der Waals surface area contributed by atoms with Gasteiger partial charge in [-0.1, -0.05) is 6.07 Å². The predicted molar refractivity (Wildman–Crippen MR) is 244 cm³/mol. The van der Waals surface area contributed by atoms with Gasteiger partial charge in [0, 0.05) is 93.1 Å². The van der Waals surface area contributed by atoms with E-state index in [2.05, 4.69) is 20.6 Å². The van der Waals surface area contributed by atoms with Crippen molar-refractivity contribution in [2.45, 2.75) is 39.2 Å². The molecule has 21 heteroatoms. The minimum absolute atomic E-state index is 0.0334. The molecule has 0 saturated carbocycles. The van der Waals surface area contributed by atoms with Gasteiger partial charge in [-0.3, -0.25) is 38.7 Å². The van der Waals surface area contributed by atoms with Gasteiger partial charge in [0.25, 0.3) is 17.7 Å². The second-order valence-corrected chi connectivity index (χ2v) is 15.4. The van der Waals surface area contributed by atoms with Gasteiger partial charge in [-0.15, -0.1) is 0 Å². The van der Waals surface area contributed by atoms with Crippen LogP contribution in [-0.2, 0) is 65.4 Å². The molecule has 21 nitrogen and oxygen atoms in total. The van der Waals surface area contributed by atoms with Crippen molar-refractivity contribution < 1.29 is 62.3 Å². The maximum Gasteiger partial charge on any atom is 0.255 e. The number of likely N-dealkylation sites (N-methyl/N-ethyl adjacent to an activating group) is 1. The number of aliphatic hydroxyl groups is 1. The summed E-state index contributed by atoms with van der Waals surface area (Å²) in [6, 6.07) is 6.82. The number of ether oxygens (including phenoxy) is 6. The molecule has 0 radical (unpaired) electrons. The number of aliphatic hydroxyl groups excluding tert-OH is 1. The number of carbonyl (C=O) groups is 6. The Morgan fingerprint density at radius 1 is 0.836 bits per heavy atom. The second kappa shape index (κ2) is 28.3. The van der Waals surface area contributed by atoms with E-state index >= 15 is 0 Å². The topological polar surface area (TPSA) is 263 Å². The number of imide groups is 1. The standard InChI is InChI=1S/C46H62N8O13/c1-2-52(13-14-55)46(61)35-27-33-3-4-34(29-39(33)51-40(47)30-35)45(60)50-37-28-36-32-53(11-7-38(36)49-31-37)42(57)9-15-62-17-19-64-21-23-66-25-26-67-24-22-65-20-18-63-16-10-48-41(56)8-12-54-43(58)5-6-44(54)59/h3-6,27-29,31,55H,2,7-26,30,32H2,1H3,(H2,47,51)(H,48,56)(H,50,60). The second-order valence-electron chi connectivity index (χ2n) is 15.4. The zero-order valence-electron chi connectivity index (χ0n) is 38.0. The number of fused-ring (bicyclic) bond motifs is 2. The summed E-state index contributed by atoms with van der Waals surface area (Å²) in [5.41, 5.74) is 10.3. The number of nitrogens with one attached hydrogen (secondary N) is 2. The summed E-state index contributed by atoms with van der Waals surface area (Å²) >= 11 is 0. The largest absolute Gasteiger partial charge is 0.395 e. The molecule has 1 aromatic heterocycles. The van der Waals surface area contributed by atoms with Crippen LogP contribution in [0.25, 0.3) is 6.08 Å². The van der Waals surface area contributed by atoms with Gasteiger partial charge in [-0.25, -0.2) is 4.99 Å². The number of aliphatic imine (C=N–C) groups is 1. The van der Waals surface area contributed by atoms with Gasteiger partial charge < -0.3 is 59.7 Å². The number of nitrogens with zero attached hydrogens (tertiary/aromatic N) is 5. The maximum atomic E-state index is 13.3. The Morgan fingerprint density at radius 2 is 1.46 bits per heavy atom. The monoisotopic (exact) mass is 934 g/mol. The molecular weight excluding hydrogens is 873 g/mol. The fourth-order valence-corrected chi connectivity index (χ4v) is 7.04. The Labute approximate surface area is 389 Å². The molecule has 0 aliphatic carbocycles. The van der Waals surface area contributed by atoms with E-state index in [9.17, 15) is 33.9 Å². The van der Waals surface area contributed by atoms with Crippen LogP contribution < -0.4 is 16.4 Å². The van der Waals surface area contributed by atoms with Crippen LogP contribution in [0, 0.1) is 0 Å². The lowest BCUT2D eigenvalue weighted by atomic mass is 10.0. The Kier molecular flexibility index (Phi) is 22.0. The van der Waals surface area contributed by atoms with E-state index < -0.39 is 11.8 Å². The lowest BCUT2D eigenvalue weighted by Crippen LogP contribution is -2.36. The van der Waals surface area contributed by atoms with Crippen molar-refractivity contribution in [3.05, 3.63) is 70.6 Å². The van der Waals surface area contributed by atoms with Gasteiger partial charge in [0.2, 0.25) is 17.7 Å². The first-order valence-corrected chi connectivity index (χ1v) is 22.5. The molecule has 0 fully saturated rings. The summed E-state index contributed by atoms with van der Waals surface area (Å²) in [6.07, 6.45) is 6.67. The number of hydrogen-bond acceptors (Lipinski definition) is 16. The molecule has 4 heterocycles. The van der Waals surface area contributed by atoms with E-state index in [-0.39, 0.29) is 75.0 Å². The third-order valence-electron chi connectivity index (χ3n) is 10.6. The van der Waals surface area contributed by atoms with Crippen molar-refractivity contribution in [2.24, 2.45) is 10.7 Å². The van der Waals surface area contributed by atoms with E-state index in [0.717, 1.165) is 16.2 Å². The zero-order chi connectivity index (χ0) is 47.8. The fourth-order valence-electron chi connectivity index (χ4n) is 7.04. The Morgan fingerprint density at radius 3 is 2.09 bits per heavy atom. The van der Waals surface area contributed by atoms with Gasteiger partial charge in [-0.2, -0.15) is 0 Å². The van der Waals surface area contributed by atoms with Crippen molar-refractivity contribution in [3.63, 3.8) is 0 Å². The van der Waals surface area contributed by atoms with Gasteiger partial charge in [0.05, 0.1) is 110 Å². The smallest absolute Gasteiger partial charge is 0.255 e. The molecule has 3 aliphatic heterocycles. The number of anilines is 1. The normalized spacial score (nSPS) is 14.3. The summed E-state index contributed by atoms with van der Waals surface area (Å²) in [5.74, 6) is -1.51. The highest BCUT2D eigenvalue weighted by atomic mass is 16.6. The Bertz CT molecular complexity index is 2090. The first-order valence-electron chi connectivity index (χ1n) is 22.5. The SMILES string of the molecule is CCN(CCO)C(=O)C1=Cc2ccc(C(=O)Nc3cnc4c(c3)CN(C(=O)CCOCCOCCOCCOCCOCCOCCNC(=O)CCN3C(=O)C=CC3=O)CC4)cc2N=C(N)C1. The molecule has 67 heavy (non-hydrogen) atoms. The summed E-state index contributed by atoms with van der Waals surface area (Å²) < 4.78 is 33.0. The van der Waals surface area contributed by atoms with Crippen LogP contribution in [0.4, 0.5) is 11.4 Å². The van der Waals surface area contributed by atoms with Crippen LogP contribution in [0.5, 0.6) is 0 Å². The van der Waals surface area contributed by atoms with Gasteiger partial charge in [-0.05, 0) is 36.8 Å². The van der Waals surface area contributed by atoms with Crippen LogP contribution in [-0.4, -0.2) is 185 Å². The number of carbonyl (C=O) groups excluding carboxylic acids is 6. The lowest BCUT2D eigenvalue weighted by molar-refractivity contribution is -0.137. The highest BCUT2D eigenvalue weighted by molar-refractivity contribution is 6.13. The van der Waals surface area contributed by atoms with Crippen molar-refractivity contribution in [3.8, 4) is 0 Å². The van der Waals surface area contributed by atoms with E-state index in [1.807, 2.05) is 13.0 Å².